The summed E-state index contributed by atoms with van der Waals surface area (Å²) in [5.74, 6) is -0.215. The summed E-state index contributed by atoms with van der Waals surface area (Å²) in [6.45, 7) is 3.40. The molecule has 0 radical (unpaired) electrons. The molecule has 4 heteroatoms. The van der Waals surface area contributed by atoms with Crippen LogP contribution in [0, 0.1) is 5.82 Å². The molecule has 0 spiro atoms. The second kappa shape index (κ2) is 6.32. The maximum absolute atomic E-state index is 13.5. The summed E-state index contributed by atoms with van der Waals surface area (Å²) in [5, 5.41) is 3.80. The Balaban J connectivity index is 1.90. The molecule has 2 rings (SSSR count). The number of thiophene rings is 1. The molecule has 2 aromatic rings. The van der Waals surface area contributed by atoms with Crippen molar-refractivity contribution in [3.8, 4) is 0 Å². The molecule has 0 amide bonds. The molecular weight excluding hydrogens is 269 g/mol. The lowest BCUT2D eigenvalue weighted by Gasteiger charge is -2.05. The van der Waals surface area contributed by atoms with Gasteiger partial charge in [-0.05, 0) is 36.8 Å². The fourth-order valence-corrected chi connectivity index (χ4v) is 2.83. The van der Waals surface area contributed by atoms with E-state index in [4.69, 9.17) is 11.6 Å². The normalized spacial score (nSPS) is 10.8. The highest BCUT2D eigenvalue weighted by atomic mass is 35.5. The van der Waals surface area contributed by atoms with E-state index in [0.717, 1.165) is 13.0 Å². The van der Waals surface area contributed by atoms with Gasteiger partial charge < -0.3 is 5.32 Å². The van der Waals surface area contributed by atoms with Crippen LogP contribution in [0.15, 0.2) is 30.3 Å². The van der Waals surface area contributed by atoms with Crippen LogP contribution < -0.4 is 5.32 Å². The second-order valence-corrected chi connectivity index (χ2v) is 5.75. The highest BCUT2D eigenvalue weighted by Crippen LogP contribution is 2.18. The van der Waals surface area contributed by atoms with E-state index in [1.807, 2.05) is 0 Å². The first-order valence-electron chi connectivity index (χ1n) is 5.91. The molecule has 0 unspecified atom stereocenters. The van der Waals surface area contributed by atoms with Gasteiger partial charge in [0.1, 0.15) is 5.82 Å². The average molecular weight is 284 g/mol. The van der Waals surface area contributed by atoms with Crippen molar-refractivity contribution in [2.45, 2.75) is 26.4 Å². The molecule has 0 aliphatic rings. The molecule has 1 heterocycles. The quantitative estimate of drug-likeness (QED) is 0.858. The summed E-state index contributed by atoms with van der Waals surface area (Å²) in [4.78, 5) is 2.65. The van der Waals surface area contributed by atoms with Crippen molar-refractivity contribution in [3.05, 3.63) is 56.5 Å². The molecule has 96 valence electrons. The number of rotatable bonds is 5. The molecule has 18 heavy (non-hydrogen) atoms. The first-order chi connectivity index (χ1) is 8.69. The fraction of sp³-hybridized carbons (Fsp3) is 0.286. The van der Waals surface area contributed by atoms with Crippen molar-refractivity contribution in [1.29, 1.82) is 0 Å². The Morgan fingerprint density at radius 2 is 1.94 bits per heavy atom. The third-order valence-electron chi connectivity index (χ3n) is 2.69. The van der Waals surface area contributed by atoms with E-state index >= 15 is 0 Å². The zero-order chi connectivity index (χ0) is 13.0. The molecular formula is C14H15ClFNS. The zero-order valence-electron chi connectivity index (χ0n) is 10.2. The van der Waals surface area contributed by atoms with Gasteiger partial charge >= 0.3 is 0 Å². The molecule has 1 aromatic carbocycles. The smallest absolute Gasteiger partial charge is 0.127 e. The van der Waals surface area contributed by atoms with Gasteiger partial charge in [0, 0.05) is 33.4 Å². The largest absolute Gasteiger partial charge is 0.308 e. The molecule has 0 fully saturated rings. The number of nitrogens with one attached hydrogen (secondary N) is 1. The average Bonchev–Trinajstić information content (AvgIpc) is 2.81. The Bertz CT molecular complexity index is 524. The van der Waals surface area contributed by atoms with Crippen molar-refractivity contribution in [1.82, 2.24) is 5.32 Å². The van der Waals surface area contributed by atoms with Gasteiger partial charge in [-0.25, -0.2) is 4.39 Å². The summed E-state index contributed by atoms with van der Waals surface area (Å²) in [5.41, 5.74) is 0.606. The molecule has 0 atom stereocenters. The summed E-state index contributed by atoms with van der Waals surface area (Å²) in [6, 6.07) is 8.88. The number of hydrogen-bond acceptors (Lipinski definition) is 2. The monoisotopic (exact) mass is 283 g/mol. The van der Waals surface area contributed by atoms with E-state index in [0.29, 0.717) is 17.1 Å². The Hall–Kier alpha value is -0.900. The summed E-state index contributed by atoms with van der Waals surface area (Å²) in [6.07, 6.45) is 1.06. The van der Waals surface area contributed by atoms with Gasteiger partial charge in [-0.1, -0.05) is 18.5 Å². The van der Waals surface area contributed by atoms with E-state index in [9.17, 15) is 4.39 Å². The SMILES string of the molecule is CCc1ccc(CNCc2cc(Cl)ccc2F)s1. The van der Waals surface area contributed by atoms with E-state index in [1.54, 1.807) is 23.5 Å². The van der Waals surface area contributed by atoms with Crippen LogP contribution in [-0.4, -0.2) is 0 Å². The molecule has 0 aliphatic carbocycles. The van der Waals surface area contributed by atoms with Gasteiger partial charge in [0.15, 0.2) is 0 Å². The Morgan fingerprint density at radius 1 is 1.17 bits per heavy atom. The van der Waals surface area contributed by atoms with Crippen LogP contribution in [0.2, 0.25) is 5.02 Å². The van der Waals surface area contributed by atoms with Gasteiger partial charge in [-0.3, -0.25) is 0 Å². The first-order valence-corrected chi connectivity index (χ1v) is 7.10. The second-order valence-electron chi connectivity index (χ2n) is 4.06. The molecule has 0 bridgehead atoms. The van der Waals surface area contributed by atoms with Crippen LogP contribution in [0.25, 0.3) is 0 Å². The standard InChI is InChI=1S/C14H15ClFNS/c1-2-12-4-5-13(18-12)9-17-8-10-7-11(15)3-6-14(10)16/h3-7,17H,2,8-9H2,1H3. The van der Waals surface area contributed by atoms with Gasteiger partial charge in [-0.2, -0.15) is 0 Å². The highest BCUT2D eigenvalue weighted by molar-refractivity contribution is 7.11. The molecule has 1 nitrogen and oxygen atoms in total. The minimum atomic E-state index is -0.215. The molecule has 1 aromatic heterocycles. The van der Waals surface area contributed by atoms with Crippen molar-refractivity contribution < 1.29 is 4.39 Å². The first kappa shape index (κ1) is 13.5. The zero-order valence-corrected chi connectivity index (χ0v) is 11.7. The van der Waals surface area contributed by atoms with Crippen LogP contribution in [0.3, 0.4) is 0 Å². The topological polar surface area (TPSA) is 12.0 Å². The van der Waals surface area contributed by atoms with Crippen LogP contribution >= 0.6 is 22.9 Å². The van der Waals surface area contributed by atoms with Crippen LogP contribution in [0.4, 0.5) is 4.39 Å². The Morgan fingerprint density at radius 3 is 2.67 bits per heavy atom. The molecule has 1 N–H and O–H groups in total. The van der Waals surface area contributed by atoms with Gasteiger partial charge in [0.2, 0.25) is 0 Å². The van der Waals surface area contributed by atoms with Crippen LogP contribution in [0.5, 0.6) is 0 Å². The van der Waals surface area contributed by atoms with Crippen molar-refractivity contribution in [3.63, 3.8) is 0 Å². The summed E-state index contributed by atoms with van der Waals surface area (Å²) >= 11 is 7.64. The Labute approximate surface area is 116 Å². The van der Waals surface area contributed by atoms with E-state index in [2.05, 4.69) is 24.4 Å². The van der Waals surface area contributed by atoms with E-state index < -0.39 is 0 Å². The van der Waals surface area contributed by atoms with Gasteiger partial charge in [0.05, 0.1) is 0 Å². The van der Waals surface area contributed by atoms with Crippen LogP contribution in [-0.2, 0) is 19.5 Å². The summed E-state index contributed by atoms with van der Waals surface area (Å²) < 4.78 is 13.5. The third kappa shape index (κ3) is 3.55. The van der Waals surface area contributed by atoms with Crippen molar-refractivity contribution >= 4 is 22.9 Å². The molecule has 0 aliphatic heterocycles. The highest BCUT2D eigenvalue weighted by Gasteiger charge is 2.03. The number of halogens is 2. The van der Waals surface area contributed by atoms with Crippen LogP contribution in [0.1, 0.15) is 22.2 Å². The maximum Gasteiger partial charge on any atom is 0.127 e. The minimum Gasteiger partial charge on any atom is -0.308 e. The predicted octanol–water partition coefficient (Wildman–Crippen LogP) is 4.39. The number of benzene rings is 1. The number of hydrogen-bond donors (Lipinski definition) is 1. The van der Waals surface area contributed by atoms with E-state index in [-0.39, 0.29) is 5.82 Å². The van der Waals surface area contributed by atoms with E-state index in [1.165, 1.54) is 15.8 Å². The lowest BCUT2D eigenvalue weighted by Crippen LogP contribution is -2.12. The molecule has 0 saturated carbocycles. The fourth-order valence-electron chi connectivity index (χ4n) is 1.71. The summed E-state index contributed by atoms with van der Waals surface area (Å²) in [7, 11) is 0. The van der Waals surface area contributed by atoms with Gasteiger partial charge in [0.25, 0.3) is 0 Å². The van der Waals surface area contributed by atoms with Crippen molar-refractivity contribution in [2.75, 3.05) is 0 Å². The maximum atomic E-state index is 13.5. The third-order valence-corrected chi connectivity index (χ3v) is 4.15. The lowest BCUT2D eigenvalue weighted by molar-refractivity contribution is 0.589. The minimum absolute atomic E-state index is 0.215. The predicted molar refractivity (Wildman–Crippen MR) is 75.7 cm³/mol. The number of aryl methyl sites for hydroxylation is 1. The Kier molecular flexibility index (Phi) is 4.75. The van der Waals surface area contributed by atoms with Gasteiger partial charge in [-0.15, -0.1) is 11.3 Å². The molecule has 0 saturated heterocycles. The lowest BCUT2D eigenvalue weighted by atomic mass is 10.2. The van der Waals surface area contributed by atoms with Crippen molar-refractivity contribution in [2.24, 2.45) is 0 Å².